The molecular formula is C17H19N3O3S. The Labute approximate surface area is 144 Å². The molecule has 7 heteroatoms. The Bertz CT molecular complexity index is 753. The topological polar surface area (TPSA) is 63.7 Å². The second-order valence-electron chi connectivity index (χ2n) is 5.95. The highest BCUT2D eigenvalue weighted by Gasteiger charge is 2.24. The zero-order valence-corrected chi connectivity index (χ0v) is 14.3. The first-order chi connectivity index (χ1) is 11.7. The molecule has 1 aromatic heterocycles. The molecule has 0 unspecified atom stereocenters. The van der Waals surface area contributed by atoms with Gasteiger partial charge in [-0.3, -0.25) is 4.79 Å². The fourth-order valence-electron chi connectivity index (χ4n) is 3.06. The molecule has 1 saturated heterocycles. The average Bonchev–Trinajstić information content (AvgIpc) is 3.29. The maximum absolute atomic E-state index is 12.7. The third-order valence-electron chi connectivity index (χ3n) is 4.53. The molecule has 2 aliphatic rings. The molecule has 24 heavy (non-hydrogen) atoms. The van der Waals surface area contributed by atoms with Gasteiger partial charge in [-0.15, -0.1) is 11.3 Å². The lowest BCUT2D eigenvalue weighted by Crippen LogP contribution is -2.43. The highest BCUT2D eigenvalue weighted by Crippen LogP contribution is 2.37. The van der Waals surface area contributed by atoms with Crippen molar-refractivity contribution < 1.29 is 14.3 Å². The number of rotatable bonds is 3. The van der Waals surface area contributed by atoms with Gasteiger partial charge in [0, 0.05) is 24.7 Å². The number of amides is 1. The Balaban J connectivity index is 1.49. The van der Waals surface area contributed by atoms with Crippen LogP contribution in [0, 0.1) is 0 Å². The van der Waals surface area contributed by atoms with Crippen molar-refractivity contribution in [1.82, 2.24) is 15.2 Å². The summed E-state index contributed by atoms with van der Waals surface area (Å²) in [6.45, 7) is 1.84. The van der Waals surface area contributed by atoms with E-state index in [0.717, 1.165) is 48.0 Å². The van der Waals surface area contributed by atoms with Gasteiger partial charge in [0.1, 0.15) is 9.88 Å². The van der Waals surface area contributed by atoms with Gasteiger partial charge >= 0.3 is 0 Å². The van der Waals surface area contributed by atoms with Gasteiger partial charge in [0.25, 0.3) is 5.91 Å². The summed E-state index contributed by atoms with van der Waals surface area (Å²) in [5, 5.41) is 4.10. The molecular weight excluding hydrogens is 326 g/mol. The van der Waals surface area contributed by atoms with Crippen LogP contribution in [-0.4, -0.2) is 48.8 Å². The number of nitrogens with zero attached hydrogens (tertiary/aromatic N) is 2. The molecule has 0 radical (unpaired) electrons. The molecule has 126 valence electrons. The number of benzene rings is 1. The smallest absolute Gasteiger partial charge is 0.265 e. The van der Waals surface area contributed by atoms with Crippen LogP contribution in [0.1, 0.15) is 22.5 Å². The largest absolute Gasteiger partial charge is 0.454 e. The third-order valence-corrected chi connectivity index (χ3v) is 5.56. The fraction of sp³-hybridized carbons (Fsp3) is 0.412. The van der Waals surface area contributed by atoms with Crippen molar-refractivity contribution in [2.24, 2.45) is 0 Å². The molecule has 1 amide bonds. The number of aromatic nitrogens is 1. The maximum Gasteiger partial charge on any atom is 0.265 e. The number of piperidine rings is 1. The van der Waals surface area contributed by atoms with Crippen molar-refractivity contribution in [3.8, 4) is 22.1 Å². The van der Waals surface area contributed by atoms with E-state index in [-0.39, 0.29) is 12.7 Å². The van der Waals surface area contributed by atoms with E-state index in [1.807, 2.05) is 30.1 Å². The lowest BCUT2D eigenvalue weighted by atomic mass is 10.1. The number of hydrogen-bond donors (Lipinski definition) is 1. The average molecular weight is 345 g/mol. The van der Waals surface area contributed by atoms with Crippen molar-refractivity contribution in [3.63, 3.8) is 0 Å². The molecule has 0 spiro atoms. The summed E-state index contributed by atoms with van der Waals surface area (Å²) in [5.41, 5.74) is 0.942. The van der Waals surface area contributed by atoms with Gasteiger partial charge in [-0.1, -0.05) is 0 Å². The van der Waals surface area contributed by atoms with Gasteiger partial charge in [-0.2, -0.15) is 0 Å². The van der Waals surface area contributed by atoms with Crippen LogP contribution in [0.5, 0.6) is 11.5 Å². The molecule has 1 N–H and O–H groups in total. The first-order valence-corrected chi connectivity index (χ1v) is 8.88. The molecule has 2 aromatic rings. The maximum atomic E-state index is 12.7. The molecule has 1 aromatic carbocycles. The van der Waals surface area contributed by atoms with Crippen molar-refractivity contribution in [2.75, 3.05) is 26.9 Å². The SMILES string of the molecule is CNC1CCN(C(=O)c2cnc(-c3ccc4c(c3)OCO4)s2)CC1. The number of likely N-dealkylation sites (tertiary alicyclic amines) is 1. The Hall–Kier alpha value is -2.12. The molecule has 0 saturated carbocycles. The summed E-state index contributed by atoms with van der Waals surface area (Å²) in [4.78, 5) is 19.7. The number of carbonyl (C=O) groups is 1. The molecule has 1 fully saturated rings. The monoisotopic (exact) mass is 345 g/mol. The lowest BCUT2D eigenvalue weighted by molar-refractivity contribution is 0.0712. The minimum Gasteiger partial charge on any atom is -0.454 e. The Kier molecular flexibility index (Phi) is 4.12. The van der Waals surface area contributed by atoms with Gasteiger partial charge in [-0.25, -0.2) is 4.98 Å². The van der Waals surface area contributed by atoms with Crippen LogP contribution < -0.4 is 14.8 Å². The van der Waals surface area contributed by atoms with Crippen LogP contribution in [0.15, 0.2) is 24.4 Å². The van der Waals surface area contributed by atoms with E-state index in [9.17, 15) is 4.79 Å². The van der Waals surface area contributed by atoms with Crippen LogP contribution in [0.4, 0.5) is 0 Å². The van der Waals surface area contributed by atoms with Gasteiger partial charge in [0.15, 0.2) is 11.5 Å². The first-order valence-electron chi connectivity index (χ1n) is 8.07. The van der Waals surface area contributed by atoms with Gasteiger partial charge in [0.05, 0.1) is 6.20 Å². The van der Waals surface area contributed by atoms with Crippen molar-refractivity contribution in [2.45, 2.75) is 18.9 Å². The van der Waals surface area contributed by atoms with Crippen LogP contribution in [0.2, 0.25) is 0 Å². The normalized spacial score (nSPS) is 17.3. The summed E-state index contributed by atoms with van der Waals surface area (Å²) in [6, 6.07) is 6.25. The number of nitrogens with one attached hydrogen (secondary N) is 1. The molecule has 0 aliphatic carbocycles. The quantitative estimate of drug-likeness (QED) is 0.925. The fourth-order valence-corrected chi connectivity index (χ4v) is 3.94. The zero-order valence-electron chi connectivity index (χ0n) is 13.4. The van der Waals surface area contributed by atoms with Crippen molar-refractivity contribution >= 4 is 17.2 Å². The number of fused-ring (bicyclic) bond motifs is 1. The summed E-state index contributed by atoms with van der Waals surface area (Å²) in [7, 11) is 1.98. The van der Waals surface area contributed by atoms with Crippen molar-refractivity contribution in [3.05, 3.63) is 29.3 Å². The second-order valence-corrected chi connectivity index (χ2v) is 6.98. The van der Waals surface area contributed by atoms with Crippen LogP contribution >= 0.6 is 11.3 Å². The van der Waals surface area contributed by atoms with E-state index in [1.165, 1.54) is 11.3 Å². The summed E-state index contributed by atoms with van der Waals surface area (Å²) >= 11 is 1.43. The summed E-state index contributed by atoms with van der Waals surface area (Å²) in [5.74, 6) is 1.55. The molecule has 0 atom stereocenters. The minimum atomic E-state index is 0.0778. The van der Waals surface area contributed by atoms with Crippen molar-refractivity contribution in [1.29, 1.82) is 0 Å². The number of hydrogen-bond acceptors (Lipinski definition) is 6. The van der Waals surface area contributed by atoms with E-state index in [1.54, 1.807) is 6.20 Å². The van der Waals surface area contributed by atoms with E-state index in [0.29, 0.717) is 10.9 Å². The predicted octanol–water partition coefficient (Wildman–Crippen LogP) is 2.36. The van der Waals surface area contributed by atoms with Gasteiger partial charge in [0.2, 0.25) is 6.79 Å². The standard InChI is InChI=1S/C17H19N3O3S/c1-18-12-4-6-20(7-5-12)17(21)15-9-19-16(24-15)11-2-3-13-14(8-11)23-10-22-13/h2-3,8-9,12,18H,4-7,10H2,1H3. The second kappa shape index (κ2) is 6.41. The van der Waals surface area contributed by atoms with E-state index >= 15 is 0 Å². The molecule has 0 bridgehead atoms. The van der Waals surface area contributed by atoms with Crippen LogP contribution in [-0.2, 0) is 0 Å². The third kappa shape index (κ3) is 2.85. The Morgan fingerprint density at radius 3 is 2.88 bits per heavy atom. The number of carbonyl (C=O) groups excluding carboxylic acids is 1. The summed E-state index contributed by atoms with van der Waals surface area (Å²) in [6.07, 6.45) is 3.67. The first kappa shape index (κ1) is 15.4. The van der Waals surface area contributed by atoms with Crippen LogP contribution in [0.25, 0.3) is 10.6 Å². The minimum absolute atomic E-state index is 0.0778. The van der Waals surface area contributed by atoms with Crippen LogP contribution in [0.3, 0.4) is 0 Å². The van der Waals surface area contributed by atoms with Gasteiger partial charge in [-0.05, 0) is 38.1 Å². The number of thiazole rings is 1. The number of ether oxygens (including phenoxy) is 2. The molecule has 4 rings (SSSR count). The van der Waals surface area contributed by atoms with Gasteiger partial charge < -0.3 is 19.7 Å². The predicted molar refractivity (Wildman–Crippen MR) is 91.7 cm³/mol. The summed E-state index contributed by atoms with van der Waals surface area (Å²) < 4.78 is 10.7. The Morgan fingerprint density at radius 2 is 2.08 bits per heavy atom. The zero-order chi connectivity index (χ0) is 16.5. The van der Waals surface area contributed by atoms with E-state index < -0.39 is 0 Å². The molecule has 6 nitrogen and oxygen atoms in total. The van der Waals surface area contributed by atoms with E-state index in [2.05, 4.69) is 10.3 Å². The highest BCUT2D eigenvalue weighted by molar-refractivity contribution is 7.16. The molecule has 2 aliphatic heterocycles. The van der Waals surface area contributed by atoms with E-state index in [4.69, 9.17) is 9.47 Å². The highest BCUT2D eigenvalue weighted by atomic mass is 32.1. The molecule has 3 heterocycles. The Morgan fingerprint density at radius 1 is 1.29 bits per heavy atom. The lowest BCUT2D eigenvalue weighted by Gasteiger charge is -2.31.